The largest absolute Gasteiger partial charge is 0.364 e. The number of nitrogens with one attached hydrogen (secondary N) is 1. The van der Waals surface area contributed by atoms with E-state index in [4.69, 9.17) is 0 Å². The molecule has 0 radical (unpaired) electrons. The third kappa shape index (κ3) is 2.56. The molecule has 5 heteroatoms. The van der Waals surface area contributed by atoms with Crippen LogP contribution in [0.1, 0.15) is 31.7 Å². The van der Waals surface area contributed by atoms with E-state index in [-0.39, 0.29) is 5.56 Å². The number of hydrogen-bond donors (Lipinski definition) is 1. The van der Waals surface area contributed by atoms with Crippen molar-refractivity contribution in [2.45, 2.75) is 31.7 Å². The topological polar surface area (TPSA) is 50.2 Å². The van der Waals surface area contributed by atoms with Crippen LogP contribution in [0.5, 0.6) is 0 Å². The Labute approximate surface area is 107 Å². The summed E-state index contributed by atoms with van der Waals surface area (Å²) in [6, 6.07) is 0.416. The molecule has 0 bridgehead atoms. The Bertz CT molecular complexity index is 460. The molecule has 0 atom stereocenters. The fourth-order valence-corrected chi connectivity index (χ4v) is 2.53. The van der Waals surface area contributed by atoms with Crippen molar-refractivity contribution in [3.8, 4) is 0 Å². The van der Waals surface area contributed by atoms with Crippen LogP contribution in [0.2, 0.25) is 0 Å². The van der Waals surface area contributed by atoms with Gasteiger partial charge in [0.2, 0.25) is 0 Å². The molecule has 3 rings (SSSR count). The van der Waals surface area contributed by atoms with Gasteiger partial charge in [-0.15, -0.1) is 0 Å². The molecule has 1 saturated heterocycles. The molecule has 2 aliphatic rings. The normalized spacial score (nSPS) is 20.2. The van der Waals surface area contributed by atoms with Crippen LogP contribution >= 0.6 is 0 Å². The van der Waals surface area contributed by atoms with Gasteiger partial charge in [-0.05, 0) is 38.8 Å². The highest BCUT2D eigenvalue weighted by atomic mass is 16.1. The minimum Gasteiger partial charge on any atom is -0.364 e. The number of likely N-dealkylation sites (tertiary alicyclic amines) is 1. The van der Waals surface area contributed by atoms with Crippen molar-refractivity contribution in [2.75, 3.05) is 31.5 Å². The second-order valence-corrected chi connectivity index (χ2v) is 5.19. The van der Waals surface area contributed by atoms with E-state index in [2.05, 4.69) is 15.2 Å². The van der Waals surface area contributed by atoms with Crippen molar-refractivity contribution >= 4 is 5.82 Å². The molecule has 1 saturated carbocycles. The summed E-state index contributed by atoms with van der Waals surface area (Å²) in [7, 11) is 0. The molecule has 2 fully saturated rings. The molecule has 0 amide bonds. The predicted molar refractivity (Wildman–Crippen MR) is 70.9 cm³/mol. The average Bonchev–Trinajstić information content (AvgIpc) is 3.09. The van der Waals surface area contributed by atoms with Crippen LogP contribution < -0.4 is 10.9 Å². The lowest BCUT2D eigenvalue weighted by Gasteiger charge is -2.15. The maximum absolute atomic E-state index is 12.1. The summed E-state index contributed by atoms with van der Waals surface area (Å²) < 4.78 is 1.81. The smallest absolute Gasteiger partial charge is 0.293 e. The number of rotatable bonds is 5. The van der Waals surface area contributed by atoms with Gasteiger partial charge in [0.05, 0.1) is 0 Å². The van der Waals surface area contributed by atoms with E-state index in [0.29, 0.717) is 11.9 Å². The van der Waals surface area contributed by atoms with Crippen LogP contribution in [0.15, 0.2) is 17.2 Å². The van der Waals surface area contributed by atoms with Gasteiger partial charge in [-0.25, -0.2) is 4.98 Å². The maximum Gasteiger partial charge on any atom is 0.293 e. The van der Waals surface area contributed by atoms with Crippen LogP contribution in [0.25, 0.3) is 0 Å². The van der Waals surface area contributed by atoms with Crippen molar-refractivity contribution < 1.29 is 0 Å². The first-order chi connectivity index (χ1) is 8.84. The zero-order chi connectivity index (χ0) is 12.4. The van der Waals surface area contributed by atoms with E-state index in [0.717, 1.165) is 25.9 Å². The fourth-order valence-electron chi connectivity index (χ4n) is 2.53. The Morgan fingerprint density at radius 1 is 1.33 bits per heavy atom. The lowest BCUT2D eigenvalue weighted by molar-refractivity contribution is 0.352. The highest BCUT2D eigenvalue weighted by Crippen LogP contribution is 2.33. The van der Waals surface area contributed by atoms with Gasteiger partial charge in [0.1, 0.15) is 0 Å². The van der Waals surface area contributed by atoms with Crippen LogP contribution in [-0.2, 0) is 0 Å². The molecule has 0 unspecified atom stereocenters. The zero-order valence-corrected chi connectivity index (χ0v) is 10.6. The van der Waals surface area contributed by atoms with E-state index in [1.165, 1.54) is 25.9 Å². The molecule has 0 spiro atoms. The predicted octanol–water partition coefficient (Wildman–Crippen LogP) is 1.09. The number of nitrogens with zero attached hydrogens (tertiary/aromatic N) is 3. The fraction of sp³-hybridized carbons (Fsp3) is 0.692. The van der Waals surface area contributed by atoms with Gasteiger partial charge in [-0.2, -0.15) is 0 Å². The number of aromatic nitrogens is 2. The minimum atomic E-state index is 0.0291. The van der Waals surface area contributed by atoms with Crippen LogP contribution in [0.3, 0.4) is 0 Å². The Morgan fingerprint density at radius 2 is 2.11 bits per heavy atom. The summed E-state index contributed by atoms with van der Waals surface area (Å²) in [4.78, 5) is 18.7. The van der Waals surface area contributed by atoms with Crippen molar-refractivity contribution in [1.82, 2.24) is 14.5 Å². The molecule has 1 aromatic rings. The van der Waals surface area contributed by atoms with Crippen molar-refractivity contribution in [3.05, 3.63) is 22.7 Å². The van der Waals surface area contributed by atoms with Gasteiger partial charge in [-0.1, -0.05) is 0 Å². The Hall–Kier alpha value is -1.36. The standard InChI is InChI=1S/C13H20N4O/c18-13-12(14-5-9-16-7-1-2-8-16)15-6-10-17(13)11-3-4-11/h6,10-11H,1-5,7-9H2,(H,14,15). The Kier molecular flexibility index (Phi) is 3.32. The van der Waals surface area contributed by atoms with E-state index in [1.807, 2.05) is 4.57 Å². The van der Waals surface area contributed by atoms with Gasteiger partial charge in [0.25, 0.3) is 5.56 Å². The highest BCUT2D eigenvalue weighted by Gasteiger charge is 2.25. The molecule has 2 heterocycles. The summed E-state index contributed by atoms with van der Waals surface area (Å²) in [5, 5.41) is 3.18. The lowest BCUT2D eigenvalue weighted by Crippen LogP contribution is -2.29. The van der Waals surface area contributed by atoms with E-state index < -0.39 is 0 Å². The third-order valence-corrected chi connectivity index (χ3v) is 3.73. The van der Waals surface area contributed by atoms with Crippen LogP contribution in [0.4, 0.5) is 5.82 Å². The van der Waals surface area contributed by atoms with Gasteiger partial charge < -0.3 is 14.8 Å². The van der Waals surface area contributed by atoms with Crippen LogP contribution in [-0.4, -0.2) is 40.6 Å². The highest BCUT2D eigenvalue weighted by molar-refractivity contribution is 5.31. The summed E-state index contributed by atoms with van der Waals surface area (Å²) in [5.41, 5.74) is 0.0291. The summed E-state index contributed by atoms with van der Waals surface area (Å²) in [6.45, 7) is 4.18. The van der Waals surface area contributed by atoms with Crippen LogP contribution in [0, 0.1) is 0 Å². The third-order valence-electron chi connectivity index (χ3n) is 3.73. The molecular formula is C13H20N4O. The van der Waals surface area contributed by atoms with Crippen molar-refractivity contribution in [3.63, 3.8) is 0 Å². The Balaban J connectivity index is 1.58. The molecule has 1 N–H and O–H groups in total. The number of hydrogen-bond acceptors (Lipinski definition) is 4. The summed E-state index contributed by atoms with van der Waals surface area (Å²) in [5.74, 6) is 0.503. The summed E-state index contributed by atoms with van der Waals surface area (Å²) >= 11 is 0. The quantitative estimate of drug-likeness (QED) is 0.847. The zero-order valence-electron chi connectivity index (χ0n) is 10.6. The molecule has 5 nitrogen and oxygen atoms in total. The second kappa shape index (κ2) is 5.10. The minimum absolute atomic E-state index is 0.0291. The van der Waals surface area contributed by atoms with Crippen molar-refractivity contribution in [1.29, 1.82) is 0 Å². The molecule has 18 heavy (non-hydrogen) atoms. The first kappa shape index (κ1) is 11.7. The van der Waals surface area contributed by atoms with E-state index >= 15 is 0 Å². The molecule has 1 aliphatic heterocycles. The maximum atomic E-state index is 12.1. The molecule has 1 aliphatic carbocycles. The number of anilines is 1. The van der Waals surface area contributed by atoms with E-state index in [1.54, 1.807) is 12.4 Å². The average molecular weight is 248 g/mol. The first-order valence-corrected chi connectivity index (χ1v) is 6.88. The van der Waals surface area contributed by atoms with Gasteiger partial charge in [0, 0.05) is 31.5 Å². The summed E-state index contributed by atoms with van der Waals surface area (Å²) in [6.07, 6.45) is 8.37. The van der Waals surface area contributed by atoms with Gasteiger partial charge >= 0.3 is 0 Å². The van der Waals surface area contributed by atoms with Gasteiger partial charge in [0.15, 0.2) is 5.82 Å². The second-order valence-electron chi connectivity index (χ2n) is 5.19. The van der Waals surface area contributed by atoms with E-state index in [9.17, 15) is 4.79 Å². The van der Waals surface area contributed by atoms with Crippen molar-refractivity contribution in [2.24, 2.45) is 0 Å². The molecule has 98 valence electrons. The lowest BCUT2D eigenvalue weighted by atomic mass is 10.4. The Morgan fingerprint density at radius 3 is 2.83 bits per heavy atom. The molecule has 1 aromatic heterocycles. The molecular weight excluding hydrogens is 228 g/mol. The SMILES string of the molecule is O=c1c(NCCN2CCCC2)nccn1C1CC1. The van der Waals surface area contributed by atoms with Gasteiger partial charge in [-0.3, -0.25) is 4.79 Å². The first-order valence-electron chi connectivity index (χ1n) is 6.88. The molecule has 0 aromatic carbocycles. The monoisotopic (exact) mass is 248 g/mol.